The van der Waals surface area contributed by atoms with Gasteiger partial charge in [-0.25, -0.2) is 0 Å². The van der Waals surface area contributed by atoms with Crippen LogP contribution in [-0.4, -0.2) is 27.8 Å². The van der Waals surface area contributed by atoms with E-state index in [1.165, 1.54) is 11.1 Å². The standard InChI is InChI=1S/C28H29ClN4O2S/c1-20-9-3-4-11-22(20)19-36-28-32-31-26(33(28)24-13-7-12-23(29)17-24)15-8-16-27(34)30-18-21-10-5-6-14-25(21)35-2/h3-7,9-14,17H,8,15-16,18-19H2,1-2H3,(H,30,34). The molecule has 0 radical (unpaired) electrons. The van der Waals surface area contributed by atoms with Gasteiger partial charge in [-0.1, -0.05) is 71.9 Å². The molecule has 1 amide bonds. The van der Waals surface area contributed by atoms with Crippen LogP contribution < -0.4 is 10.1 Å². The van der Waals surface area contributed by atoms with Gasteiger partial charge in [-0.2, -0.15) is 0 Å². The van der Waals surface area contributed by atoms with Crippen molar-refractivity contribution in [2.45, 2.75) is 43.6 Å². The molecule has 1 heterocycles. The Balaban J connectivity index is 1.42. The number of carbonyl (C=O) groups is 1. The predicted octanol–water partition coefficient (Wildman–Crippen LogP) is 6.17. The molecule has 6 nitrogen and oxygen atoms in total. The molecule has 8 heteroatoms. The lowest BCUT2D eigenvalue weighted by molar-refractivity contribution is -0.121. The van der Waals surface area contributed by atoms with Gasteiger partial charge in [-0.3, -0.25) is 9.36 Å². The number of nitrogens with one attached hydrogen (secondary N) is 1. The number of amides is 1. The maximum Gasteiger partial charge on any atom is 0.220 e. The molecule has 0 aliphatic carbocycles. The van der Waals surface area contributed by atoms with Crippen LogP contribution in [-0.2, 0) is 23.5 Å². The average molecular weight is 521 g/mol. The van der Waals surface area contributed by atoms with E-state index < -0.39 is 0 Å². The van der Waals surface area contributed by atoms with Gasteiger partial charge in [0.15, 0.2) is 5.16 Å². The highest BCUT2D eigenvalue weighted by Gasteiger charge is 2.16. The van der Waals surface area contributed by atoms with E-state index in [4.69, 9.17) is 16.3 Å². The second kappa shape index (κ2) is 12.6. The van der Waals surface area contributed by atoms with E-state index in [9.17, 15) is 4.79 Å². The van der Waals surface area contributed by atoms with Crippen LogP contribution in [0.4, 0.5) is 0 Å². The number of aromatic nitrogens is 3. The molecule has 4 rings (SSSR count). The third kappa shape index (κ3) is 6.68. The molecule has 36 heavy (non-hydrogen) atoms. The quantitative estimate of drug-likeness (QED) is 0.239. The first-order valence-electron chi connectivity index (χ1n) is 11.8. The molecule has 186 valence electrons. The highest BCUT2D eigenvalue weighted by molar-refractivity contribution is 7.98. The molecule has 0 aliphatic rings. The first-order valence-corrected chi connectivity index (χ1v) is 13.2. The minimum absolute atomic E-state index is 0.0103. The summed E-state index contributed by atoms with van der Waals surface area (Å²) in [6.45, 7) is 2.54. The monoisotopic (exact) mass is 520 g/mol. The highest BCUT2D eigenvalue weighted by Crippen LogP contribution is 2.28. The zero-order valence-electron chi connectivity index (χ0n) is 20.4. The van der Waals surface area contributed by atoms with E-state index in [1.807, 2.05) is 59.2 Å². The largest absolute Gasteiger partial charge is 0.496 e. The van der Waals surface area contributed by atoms with Crippen molar-refractivity contribution >= 4 is 29.3 Å². The van der Waals surface area contributed by atoms with Crippen molar-refractivity contribution in [2.24, 2.45) is 0 Å². The van der Waals surface area contributed by atoms with Gasteiger partial charge in [0.2, 0.25) is 5.91 Å². The summed E-state index contributed by atoms with van der Waals surface area (Å²) in [5.41, 5.74) is 4.37. The number of aryl methyl sites for hydroxylation is 2. The minimum Gasteiger partial charge on any atom is -0.496 e. The summed E-state index contributed by atoms with van der Waals surface area (Å²) in [6, 6.07) is 23.7. The van der Waals surface area contributed by atoms with E-state index in [2.05, 4.69) is 40.6 Å². The third-order valence-electron chi connectivity index (χ3n) is 5.86. The van der Waals surface area contributed by atoms with E-state index in [0.29, 0.717) is 30.8 Å². The van der Waals surface area contributed by atoms with Crippen LogP contribution in [0.2, 0.25) is 5.02 Å². The van der Waals surface area contributed by atoms with Gasteiger partial charge < -0.3 is 10.1 Å². The molecule has 0 aliphatic heterocycles. The Labute approximate surface area is 221 Å². The topological polar surface area (TPSA) is 69.0 Å². The lowest BCUT2D eigenvalue weighted by Crippen LogP contribution is -2.23. The zero-order chi connectivity index (χ0) is 25.3. The molecule has 0 saturated carbocycles. The lowest BCUT2D eigenvalue weighted by Gasteiger charge is -2.12. The van der Waals surface area contributed by atoms with Crippen LogP contribution in [0.3, 0.4) is 0 Å². The summed E-state index contributed by atoms with van der Waals surface area (Å²) in [4.78, 5) is 12.5. The molecule has 0 saturated heterocycles. The van der Waals surface area contributed by atoms with Crippen LogP contribution in [0, 0.1) is 6.92 Å². The van der Waals surface area contributed by atoms with Gasteiger partial charge in [0, 0.05) is 35.7 Å². The fourth-order valence-electron chi connectivity index (χ4n) is 3.88. The molecule has 1 aromatic heterocycles. The Morgan fingerprint density at radius 2 is 1.81 bits per heavy atom. The number of carbonyl (C=O) groups excluding carboxylic acids is 1. The Hall–Kier alpha value is -3.29. The highest BCUT2D eigenvalue weighted by atomic mass is 35.5. The summed E-state index contributed by atoms with van der Waals surface area (Å²) in [5.74, 6) is 2.35. The van der Waals surface area contributed by atoms with Crippen molar-refractivity contribution in [3.63, 3.8) is 0 Å². The molecule has 0 fully saturated rings. The van der Waals surface area contributed by atoms with Crippen molar-refractivity contribution in [1.82, 2.24) is 20.1 Å². The summed E-state index contributed by atoms with van der Waals surface area (Å²) < 4.78 is 7.40. The maximum atomic E-state index is 12.5. The van der Waals surface area contributed by atoms with Crippen LogP contribution in [0.25, 0.3) is 5.69 Å². The Bertz CT molecular complexity index is 1320. The number of methoxy groups -OCH3 is 1. The third-order valence-corrected chi connectivity index (χ3v) is 7.07. The lowest BCUT2D eigenvalue weighted by atomic mass is 10.1. The van der Waals surface area contributed by atoms with Crippen LogP contribution in [0.15, 0.2) is 78.0 Å². The van der Waals surface area contributed by atoms with Crippen molar-refractivity contribution in [2.75, 3.05) is 7.11 Å². The average Bonchev–Trinajstić information content (AvgIpc) is 3.29. The first-order chi connectivity index (χ1) is 17.5. The Morgan fingerprint density at radius 3 is 2.58 bits per heavy atom. The van der Waals surface area contributed by atoms with Crippen molar-refractivity contribution < 1.29 is 9.53 Å². The molecule has 4 aromatic rings. The van der Waals surface area contributed by atoms with Gasteiger partial charge >= 0.3 is 0 Å². The van der Waals surface area contributed by atoms with Gasteiger partial charge in [0.25, 0.3) is 0 Å². The summed E-state index contributed by atoms with van der Waals surface area (Å²) in [7, 11) is 1.63. The molecule has 1 N–H and O–H groups in total. The number of nitrogens with zero attached hydrogens (tertiary/aromatic N) is 3. The molecule has 0 bridgehead atoms. The summed E-state index contributed by atoms with van der Waals surface area (Å²) >= 11 is 7.93. The smallest absolute Gasteiger partial charge is 0.220 e. The van der Waals surface area contributed by atoms with E-state index in [-0.39, 0.29) is 5.91 Å². The predicted molar refractivity (Wildman–Crippen MR) is 145 cm³/mol. The summed E-state index contributed by atoms with van der Waals surface area (Å²) in [5, 5.41) is 13.4. The normalized spacial score (nSPS) is 10.9. The molecular formula is C28H29ClN4O2S. The first kappa shape index (κ1) is 25.8. The second-order valence-corrected chi connectivity index (χ2v) is 9.75. The number of benzene rings is 3. The fourth-order valence-corrected chi connectivity index (χ4v) is 5.11. The number of hydrogen-bond acceptors (Lipinski definition) is 5. The van der Waals surface area contributed by atoms with Gasteiger partial charge in [0.05, 0.1) is 12.8 Å². The number of hydrogen-bond donors (Lipinski definition) is 1. The van der Waals surface area contributed by atoms with Gasteiger partial charge in [0.1, 0.15) is 11.6 Å². The molecule has 3 aromatic carbocycles. The fraction of sp³-hybridized carbons (Fsp3) is 0.250. The minimum atomic E-state index is -0.0103. The van der Waals surface area contributed by atoms with Crippen molar-refractivity contribution in [3.8, 4) is 11.4 Å². The zero-order valence-corrected chi connectivity index (χ0v) is 22.0. The van der Waals surface area contributed by atoms with Crippen molar-refractivity contribution in [3.05, 3.63) is 100 Å². The molecule has 0 unspecified atom stereocenters. The number of rotatable bonds is 11. The van der Waals surface area contributed by atoms with Gasteiger partial charge in [-0.15, -0.1) is 10.2 Å². The SMILES string of the molecule is COc1ccccc1CNC(=O)CCCc1nnc(SCc2ccccc2C)n1-c1cccc(Cl)c1. The molecular weight excluding hydrogens is 492 g/mol. The molecule has 0 spiro atoms. The number of para-hydroxylation sites is 1. The van der Waals surface area contributed by atoms with E-state index in [1.54, 1.807) is 18.9 Å². The van der Waals surface area contributed by atoms with Gasteiger partial charge in [-0.05, 0) is 48.7 Å². The van der Waals surface area contributed by atoms with Crippen LogP contribution >= 0.6 is 23.4 Å². The van der Waals surface area contributed by atoms with Crippen molar-refractivity contribution in [1.29, 1.82) is 0 Å². The van der Waals surface area contributed by atoms with E-state index >= 15 is 0 Å². The molecule has 0 atom stereocenters. The maximum absolute atomic E-state index is 12.5. The van der Waals surface area contributed by atoms with Crippen LogP contribution in [0.1, 0.15) is 35.4 Å². The number of halogens is 1. The van der Waals surface area contributed by atoms with Crippen LogP contribution in [0.5, 0.6) is 5.75 Å². The second-order valence-electron chi connectivity index (χ2n) is 8.37. The Kier molecular flexibility index (Phi) is 9.03. The van der Waals surface area contributed by atoms with E-state index in [0.717, 1.165) is 33.7 Å². The number of thioether (sulfide) groups is 1. The summed E-state index contributed by atoms with van der Waals surface area (Å²) in [6.07, 6.45) is 1.66. The number of ether oxygens (including phenoxy) is 1. The Morgan fingerprint density at radius 1 is 1.03 bits per heavy atom.